The summed E-state index contributed by atoms with van der Waals surface area (Å²) < 4.78 is 0. The Bertz CT molecular complexity index is 250. The van der Waals surface area contributed by atoms with Gasteiger partial charge in [-0.15, -0.1) is 0 Å². The molecule has 2 saturated carbocycles. The van der Waals surface area contributed by atoms with Crippen LogP contribution in [0.15, 0.2) is 0 Å². The zero-order chi connectivity index (χ0) is 13.0. The standard InChI is InChI=1S/C17H33N/c1-4-6-14(3)11-17(13-18-9-5-2)12-15-7-8-16(17)10-15/h14-16,18H,4-13H2,1-3H3. The molecule has 1 heteroatoms. The maximum absolute atomic E-state index is 3.75. The first-order valence-electron chi connectivity index (χ1n) is 8.41. The van der Waals surface area contributed by atoms with Crippen molar-refractivity contribution in [1.29, 1.82) is 0 Å². The fraction of sp³-hybridized carbons (Fsp3) is 1.00. The zero-order valence-electron chi connectivity index (χ0n) is 12.8. The fourth-order valence-electron chi connectivity index (χ4n) is 4.90. The van der Waals surface area contributed by atoms with Crippen LogP contribution in [0.5, 0.6) is 0 Å². The normalized spacial score (nSPS) is 36.2. The third kappa shape index (κ3) is 3.10. The van der Waals surface area contributed by atoms with E-state index < -0.39 is 0 Å². The van der Waals surface area contributed by atoms with Gasteiger partial charge in [0.05, 0.1) is 0 Å². The molecule has 0 heterocycles. The lowest BCUT2D eigenvalue weighted by atomic mass is 9.67. The highest BCUT2D eigenvalue weighted by Crippen LogP contribution is 2.58. The van der Waals surface area contributed by atoms with Gasteiger partial charge >= 0.3 is 0 Å². The Morgan fingerprint density at radius 1 is 1.22 bits per heavy atom. The molecule has 2 fully saturated rings. The van der Waals surface area contributed by atoms with Gasteiger partial charge in [0.25, 0.3) is 0 Å². The number of fused-ring (bicyclic) bond motifs is 2. The van der Waals surface area contributed by atoms with Crippen LogP contribution in [0, 0.1) is 23.2 Å². The van der Waals surface area contributed by atoms with Crippen LogP contribution in [0.1, 0.15) is 72.1 Å². The maximum atomic E-state index is 3.75. The van der Waals surface area contributed by atoms with Gasteiger partial charge in [-0.1, -0.05) is 40.0 Å². The zero-order valence-corrected chi connectivity index (χ0v) is 12.8. The molecule has 0 radical (unpaired) electrons. The molecule has 18 heavy (non-hydrogen) atoms. The van der Waals surface area contributed by atoms with E-state index >= 15 is 0 Å². The molecule has 0 spiro atoms. The molecule has 0 aromatic rings. The third-order valence-corrected chi connectivity index (χ3v) is 5.54. The molecule has 2 bridgehead atoms. The predicted octanol–water partition coefficient (Wildman–Crippen LogP) is 4.62. The molecule has 1 N–H and O–H groups in total. The lowest BCUT2D eigenvalue weighted by Crippen LogP contribution is -2.40. The molecule has 0 saturated heterocycles. The van der Waals surface area contributed by atoms with Gasteiger partial charge in [0.15, 0.2) is 0 Å². The van der Waals surface area contributed by atoms with Crippen molar-refractivity contribution < 1.29 is 0 Å². The largest absolute Gasteiger partial charge is 0.316 e. The second-order valence-corrected chi connectivity index (χ2v) is 7.22. The molecule has 0 aromatic heterocycles. The summed E-state index contributed by atoms with van der Waals surface area (Å²) in [6.45, 7) is 9.61. The molecular formula is C17H33N. The molecular weight excluding hydrogens is 218 g/mol. The fourth-order valence-corrected chi connectivity index (χ4v) is 4.90. The van der Waals surface area contributed by atoms with E-state index in [1.807, 2.05) is 0 Å². The van der Waals surface area contributed by atoms with Crippen molar-refractivity contribution in [3.63, 3.8) is 0 Å². The van der Waals surface area contributed by atoms with Gasteiger partial charge in [-0.2, -0.15) is 0 Å². The summed E-state index contributed by atoms with van der Waals surface area (Å²) in [6.07, 6.45) is 11.7. The molecule has 2 rings (SSSR count). The minimum atomic E-state index is 0.673. The van der Waals surface area contributed by atoms with Crippen LogP contribution in [0.25, 0.3) is 0 Å². The van der Waals surface area contributed by atoms with Crippen molar-refractivity contribution in [2.24, 2.45) is 23.2 Å². The predicted molar refractivity (Wildman–Crippen MR) is 79.7 cm³/mol. The number of hydrogen-bond acceptors (Lipinski definition) is 1. The van der Waals surface area contributed by atoms with Gasteiger partial charge in [-0.3, -0.25) is 0 Å². The molecule has 1 nitrogen and oxygen atoms in total. The molecule has 4 unspecified atom stereocenters. The van der Waals surface area contributed by atoms with Crippen LogP contribution >= 0.6 is 0 Å². The van der Waals surface area contributed by atoms with E-state index in [1.165, 1.54) is 58.0 Å². The highest BCUT2D eigenvalue weighted by Gasteiger charge is 2.50. The Labute approximate surface area is 114 Å². The number of rotatable bonds is 8. The maximum Gasteiger partial charge on any atom is 0.00107 e. The Balaban J connectivity index is 1.94. The van der Waals surface area contributed by atoms with Gasteiger partial charge in [-0.25, -0.2) is 0 Å². The summed E-state index contributed by atoms with van der Waals surface area (Å²) in [5, 5.41) is 3.75. The van der Waals surface area contributed by atoms with Gasteiger partial charge in [0.1, 0.15) is 0 Å². The van der Waals surface area contributed by atoms with Gasteiger partial charge < -0.3 is 5.32 Å². The van der Waals surface area contributed by atoms with Crippen LogP contribution in [-0.2, 0) is 0 Å². The summed E-state index contributed by atoms with van der Waals surface area (Å²) in [6, 6.07) is 0. The Hall–Kier alpha value is -0.0400. The van der Waals surface area contributed by atoms with Crippen LogP contribution in [0.2, 0.25) is 0 Å². The first kappa shape index (κ1) is 14.4. The number of hydrogen-bond donors (Lipinski definition) is 1. The van der Waals surface area contributed by atoms with Crippen LogP contribution in [-0.4, -0.2) is 13.1 Å². The van der Waals surface area contributed by atoms with E-state index in [9.17, 15) is 0 Å². The number of nitrogens with one attached hydrogen (secondary N) is 1. The van der Waals surface area contributed by atoms with Gasteiger partial charge in [-0.05, 0) is 61.8 Å². The minimum absolute atomic E-state index is 0.673. The highest BCUT2D eigenvalue weighted by atomic mass is 14.9. The first-order valence-corrected chi connectivity index (χ1v) is 8.41. The Morgan fingerprint density at radius 2 is 2.06 bits per heavy atom. The van der Waals surface area contributed by atoms with E-state index in [2.05, 4.69) is 26.1 Å². The third-order valence-electron chi connectivity index (χ3n) is 5.54. The molecule has 2 aliphatic carbocycles. The lowest BCUT2D eigenvalue weighted by Gasteiger charge is -2.40. The summed E-state index contributed by atoms with van der Waals surface area (Å²) in [5.41, 5.74) is 0.673. The van der Waals surface area contributed by atoms with E-state index in [0.29, 0.717) is 5.41 Å². The quantitative estimate of drug-likeness (QED) is 0.621. The molecule has 2 aliphatic rings. The van der Waals surface area contributed by atoms with Gasteiger partial charge in [0, 0.05) is 6.54 Å². The molecule has 106 valence electrons. The monoisotopic (exact) mass is 251 g/mol. The van der Waals surface area contributed by atoms with Crippen LogP contribution in [0.3, 0.4) is 0 Å². The van der Waals surface area contributed by atoms with E-state index in [0.717, 1.165) is 17.8 Å². The Kier molecular flexibility index (Phi) is 5.12. The first-order chi connectivity index (χ1) is 8.70. The molecule has 0 aromatic carbocycles. The average Bonchev–Trinajstić information content (AvgIpc) is 2.90. The van der Waals surface area contributed by atoms with Crippen LogP contribution in [0.4, 0.5) is 0 Å². The van der Waals surface area contributed by atoms with Crippen molar-refractivity contribution in [3.05, 3.63) is 0 Å². The Morgan fingerprint density at radius 3 is 2.61 bits per heavy atom. The second-order valence-electron chi connectivity index (χ2n) is 7.22. The summed E-state index contributed by atoms with van der Waals surface area (Å²) in [4.78, 5) is 0. The van der Waals surface area contributed by atoms with E-state index in [1.54, 1.807) is 6.42 Å². The van der Waals surface area contributed by atoms with E-state index in [-0.39, 0.29) is 0 Å². The summed E-state index contributed by atoms with van der Waals surface area (Å²) >= 11 is 0. The topological polar surface area (TPSA) is 12.0 Å². The molecule has 0 amide bonds. The van der Waals surface area contributed by atoms with Gasteiger partial charge in [0.2, 0.25) is 0 Å². The summed E-state index contributed by atoms with van der Waals surface area (Å²) in [7, 11) is 0. The second kappa shape index (κ2) is 6.41. The van der Waals surface area contributed by atoms with Crippen molar-refractivity contribution >= 4 is 0 Å². The smallest absolute Gasteiger partial charge is 0.00107 e. The van der Waals surface area contributed by atoms with Crippen molar-refractivity contribution in [2.45, 2.75) is 72.1 Å². The summed E-state index contributed by atoms with van der Waals surface area (Å²) in [5.74, 6) is 3.05. The molecule has 0 aliphatic heterocycles. The van der Waals surface area contributed by atoms with Crippen molar-refractivity contribution in [2.75, 3.05) is 13.1 Å². The SMILES string of the molecule is CCCNCC1(CC(C)CCC)CC2CCC1C2. The van der Waals surface area contributed by atoms with Crippen molar-refractivity contribution in [3.8, 4) is 0 Å². The minimum Gasteiger partial charge on any atom is -0.316 e. The van der Waals surface area contributed by atoms with E-state index in [4.69, 9.17) is 0 Å². The van der Waals surface area contributed by atoms with Crippen molar-refractivity contribution in [1.82, 2.24) is 5.32 Å². The molecule has 4 atom stereocenters. The lowest BCUT2D eigenvalue weighted by molar-refractivity contribution is 0.117. The van der Waals surface area contributed by atoms with Crippen LogP contribution < -0.4 is 5.32 Å². The highest BCUT2D eigenvalue weighted by molar-refractivity contribution is 5.01. The average molecular weight is 251 g/mol.